The highest BCUT2D eigenvalue weighted by Crippen LogP contribution is 2.37. The second-order valence-corrected chi connectivity index (χ2v) is 6.54. The Labute approximate surface area is 117 Å². The zero-order chi connectivity index (χ0) is 14.0. The van der Waals surface area contributed by atoms with Gasteiger partial charge < -0.3 is 14.7 Å². The van der Waals surface area contributed by atoms with Crippen LogP contribution in [0.2, 0.25) is 0 Å². The molecule has 6 heteroatoms. The van der Waals surface area contributed by atoms with E-state index in [9.17, 15) is 14.7 Å². The fourth-order valence-corrected chi connectivity index (χ4v) is 4.23. The summed E-state index contributed by atoms with van der Waals surface area (Å²) >= 11 is 1.57. The van der Waals surface area contributed by atoms with Gasteiger partial charge in [-0.1, -0.05) is 13.3 Å². The van der Waals surface area contributed by atoms with Crippen molar-refractivity contribution in [2.45, 2.75) is 56.5 Å². The number of nitrogens with zero attached hydrogens (tertiary/aromatic N) is 1. The van der Waals surface area contributed by atoms with Gasteiger partial charge in [-0.3, -0.25) is 4.79 Å². The lowest BCUT2D eigenvalue weighted by atomic mass is 9.99. The molecule has 2 heterocycles. The van der Waals surface area contributed by atoms with Crippen molar-refractivity contribution in [3.63, 3.8) is 0 Å². The summed E-state index contributed by atoms with van der Waals surface area (Å²) in [6.45, 7) is 4.41. The summed E-state index contributed by atoms with van der Waals surface area (Å²) < 4.78 is 5.58. The molecule has 0 saturated carbocycles. The van der Waals surface area contributed by atoms with Crippen LogP contribution >= 0.6 is 11.8 Å². The Morgan fingerprint density at radius 3 is 2.79 bits per heavy atom. The second-order valence-electron chi connectivity index (χ2n) is 5.33. The van der Waals surface area contributed by atoms with Crippen molar-refractivity contribution in [3.8, 4) is 0 Å². The molecule has 2 rings (SSSR count). The topological polar surface area (TPSA) is 66.8 Å². The van der Waals surface area contributed by atoms with E-state index in [0.29, 0.717) is 18.8 Å². The van der Waals surface area contributed by atoms with Crippen LogP contribution < -0.4 is 0 Å². The van der Waals surface area contributed by atoms with Crippen molar-refractivity contribution in [1.82, 2.24) is 4.90 Å². The number of carboxylic acids is 1. The predicted octanol–water partition coefficient (Wildman–Crippen LogP) is 1.71. The van der Waals surface area contributed by atoms with Crippen molar-refractivity contribution in [2.24, 2.45) is 0 Å². The molecule has 19 heavy (non-hydrogen) atoms. The van der Waals surface area contributed by atoms with E-state index >= 15 is 0 Å². The van der Waals surface area contributed by atoms with Crippen LogP contribution in [0.25, 0.3) is 0 Å². The molecule has 0 spiro atoms. The molecule has 2 aliphatic heterocycles. The fraction of sp³-hybridized carbons (Fsp3) is 0.846. The molecular formula is C13H21NO4S. The fourth-order valence-electron chi connectivity index (χ4n) is 2.72. The highest BCUT2D eigenvalue weighted by Gasteiger charge is 2.49. The molecular weight excluding hydrogens is 266 g/mol. The van der Waals surface area contributed by atoms with E-state index in [1.54, 1.807) is 23.6 Å². The van der Waals surface area contributed by atoms with Crippen LogP contribution in [0.5, 0.6) is 0 Å². The number of rotatable bonds is 4. The molecule has 0 aromatic heterocycles. The van der Waals surface area contributed by atoms with E-state index in [2.05, 4.69) is 0 Å². The van der Waals surface area contributed by atoms with Gasteiger partial charge >= 0.3 is 5.97 Å². The van der Waals surface area contributed by atoms with Gasteiger partial charge in [-0.25, -0.2) is 4.79 Å². The average molecular weight is 287 g/mol. The molecule has 0 bridgehead atoms. The van der Waals surface area contributed by atoms with Crippen molar-refractivity contribution in [2.75, 3.05) is 12.4 Å². The second kappa shape index (κ2) is 5.71. The molecule has 1 amide bonds. The van der Waals surface area contributed by atoms with E-state index < -0.39 is 17.6 Å². The van der Waals surface area contributed by atoms with Gasteiger partial charge in [0.1, 0.15) is 11.6 Å². The number of thioether (sulfide) groups is 1. The third-order valence-electron chi connectivity index (χ3n) is 3.82. The van der Waals surface area contributed by atoms with Gasteiger partial charge in [0.15, 0.2) is 0 Å². The summed E-state index contributed by atoms with van der Waals surface area (Å²) in [5, 5.41) is 9.27. The molecule has 3 unspecified atom stereocenters. The molecule has 0 aromatic rings. The first-order valence-electron chi connectivity index (χ1n) is 6.80. The summed E-state index contributed by atoms with van der Waals surface area (Å²) in [6.07, 6.45) is 3.30. The number of carbonyl (C=O) groups excluding carboxylic acids is 1. The molecule has 3 atom stereocenters. The van der Waals surface area contributed by atoms with Crippen LogP contribution in [-0.2, 0) is 14.3 Å². The lowest BCUT2D eigenvalue weighted by Crippen LogP contribution is -2.54. The van der Waals surface area contributed by atoms with Crippen molar-refractivity contribution < 1.29 is 19.4 Å². The number of amides is 1. The molecule has 2 fully saturated rings. The summed E-state index contributed by atoms with van der Waals surface area (Å²) in [6, 6.07) is -0.713. The normalized spacial score (nSPS) is 34.7. The van der Waals surface area contributed by atoms with Crippen LogP contribution in [0.4, 0.5) is 0 Å². The third-order valence-corrected chi connectivity index (χ3v) is 5.17. The largest absolute Gasteiger partial charge is 0.480 e. The molecule has 5 nitrogen and oxygen atoms in total. The minimum atomic E-state index is -0.916. The van der Waals surface area contributed by atoms with Crippen molar-refractivity contribution in [3.05, 3.63) is 0 Å². The standard InChI is InChI=1S/C13H21NO4S/c1-3-5-10-14(9(8-19-10)11(15)16)12(17)13(2)6-4-7-18-13/h9-10H,3-8H2,1-2H3,(H,15,16). The van der Waals surface area contributed by atoms with Gasteiger partial charge in [0, 0.05) is 12.4 Å². The Hall–Kier alpha value is -0.750. The minimum Gasteiger partial charge on any atom is -0.480 e. The monoisotopic (exact) mass is 287 g/mol. The predicted molar refractivity (Wildman–Crippen MR) is 73.0 cm³/mol. The maximum absolute atomic E-state index is 12.7. The van der Waals surface area contributed by atoms with Crippen LogP contribution in [0.3, 0.4) is 0 Å². The van der Waals surface area contributed by atoms with Crippen LogP contribution in [0.1, 0.15) is 39.5 Å². The van der Waals surface area contributed by atoms with Gasteiger partial charge in [0.05, 0.1) is 5.37 Å². The molecule has 0 aliphatic carbocycles. The Balaban J connectivity index is 2.20. The number of carboxylic acid groups (broad SMARTS) is 1. The van der Waals surface area contributed by atoms with E-state index in [-0.39, 0.29) is 11.3 Å². The Morgan fingerprint density at radius 2 is 2.26 bits per heavy atom. The highest BCUT2D eigenvalue weighted by atomic mass is 32.2. The number of carbonyl (C=O) groups is 2. The number of ether oxygens (including phenoxy) is 1. The highest BCUT2D eigenvalue weighted by molar-refractivity contribution is 8.00. The SMILES string of the molecule is CCCC1SCC(C(=O)O)N1C(=O)C1(C)CCCO1. The lowest BCUT2D eigenvalue weighted by Gasteiger charge is -2.34. The van der Waals surface area contributed by atoms with E-state index in [1.165, 1.54) is 0 Å². The summed E-state index contributed by atoms with van der Waals surface area (Å²) in [4.78, 5) is 25.6. The van der Waals surface area contributed by atoms with Gasteiger partial charge in [-0.05, 0) is 26.2 Å². The average Bonchev–Trinajstić information content (AvgIpc) is 2.96. The first-order chi connectivity index (χ1) is 8.99. The molecule has 0 aromatic carbocycles. The van der Waals surface area contributed by atoms with E-state index in [1.807, 2.05) is 6.92 Å². The number of hydrogen-bond acceptors (Lipinski definition) is 4. The number of aliphatic carboxylic acids is 1. The quantitative estimate of drug-likeness (QED) is 0.852. The van der Waals surface area contributed by atoms with Crippen LogP contribution in [0.15, 0.2) is 0 Å². The van der Waals surface area contributed by atoms with Gasteiger partial charge in [-0.2, -0.15) is 0 Å². The first-order valence-corrected chi connectivity index (χ1v) is 7.85. The van der Waals surface area contributed by atoms with E-state index in [0.717, 1.165) is 19.3 Å². The molecule has 1 N–H and O–H groups in total. The molecule has 0 radical (unpaired) electrons. The van der Waals surface area contributed by atoms with Crippen LogP contribution in [0, 0.1) is 0 Å². The lowest BCUT2D eigenvalue weighted by molar-refractivity contribution is -0.160. The van der Waals surface area contributed by atoms with Crippen LogP contribution in [-0.4, -0.2) is 51.3 Å². The molecule has 2 aliphatic rings. The first kappa shape index (κ1) is 14.7. The zero-order valence-electron chi connectivity index (χ0n) is 11.4. The Bertz CT molecular complexity index is 368. The van der Waals surface area contributed by atoms with Gasteiger partial charge in [0.2, 0.25) is 0 Å². The summed E-state index contributed by atoms with van der Waals surface area (Å²) in [5.74, 6) is -0.594. The van der Waals surface area contributed by atoms with Crippen molar-refractivity contribution >= 4 is 23.6 Å². The van der Waals surface area contributed by atoms with Crippen molar-refractivity contribution in [1.29, 1.82) is 0 Å². The smallest absolute Gasteiger partial charge is 0.327 e. The molecule has 2 saturated heterocycles. The summed E-state index contributed by atoms with van der Waals surface area (Å²) in [7, 11) is 0. The maximum Gasteiger partial charge on any atom is 0.327 e. The number of hydrogen-bond donors (Lipinski definition) is 1. The Kier molecular flexibility index (Phi) is 4.40. The van der Waals surface area contributed by atoms with Gasteiger partial charge in [0.25, 0.3) is 5.91 Å². The Morgan fingerprint density at radius 1 is 1.53 bits per heavy atom. The third kappa shape index (κ3) is 2.74. The van der Waals surface area contributed by atoms with E-state index in [4.69, 9.17) is 4.74 Å². The summed E-state index contributed by atoms with van der Waals surface area (Å²) in [5.41, 5.74) is -0.829. The molecule has 108 valence electrons. The van der Waals surface area contributed by atoms with Gasteiger partial charge in [-0.15, -0.1) is 11.8 Å². The maximum atomic E-state index is 12.7. The minimum absolute atomic E-state index is 0.0281. The zero-order valence-corrected chi connectivity index (χ0v) is 12.2.